The average Bonchev–Trinajstić information content (AvgIpc) is 3.17. The van der Waals surface area contributed by atoms with E-state index in [0.29, 0.717) is 10.8 Å². The SMILES string of the molecule is COc1ccc(N)c(Sc2n[nH]c(=O)n2C2CC2)c1. The first-order valence-corrected chi connectivity index (χ1v) is 6.79. The van der Waals surface area contributed by atoms with Gasteiger partial charge in [-0.25, -0.2) is 9.89 Å². The van der Waals surface area contributed by atoms with Crippen molar-refractivity contribution in [2.75, 3.05) is 12.8 Å². The fourth-order valence-electron chi connectivity index (χ4n) is 1.85. The number of H-pyrrole nitrogens is 1. The summed E-state index contributed by atoms with van der Waals surface area (Å²) in [4.78, 5) is 12.5. The molecular weight excluding hydrogens is 264 g/mol. The Morgan fingerprint density at radius 1 is 1.53 bits per heavy atom. The lowest BCUT2D eigenvalue weighted by Crippen LogP contribution is -2.16. The molecule has 0 saturated heterocycles. The molecule has 1 aliphatic rings. The Morgan fingerprint density at radius 2 is 2.32 bits per heavy atom. The minimum absolute atomic E-state index is 0.161. The Bertz CT molecular complexity index is 660. The molecule has 3 rings (SSSR count). The highest BCUT2D eigenvalue weighted by Gasteiger charge is 2.28. The summed E-state index contributed by atoms with van der Waals surface area (Å²) in [5.41, 5.74) is 6.42. The van der Waals surface area contributed by atoms with Crippen LogP contribution in [0, 0.1) is 0 Å². The molecule has 0 unspecified atom stereocenters. The second kappa shape index (κ2) is 4.65. The van der Waals surface area contributed by atoms with E-state index in [0.717, 1.165) is 23.5 Å². The van der Waals surface area contributed by atoms with Gasteiger partial charge in [-0.1, -0.05) is 0 Å². The van der Waals surface area contributed by atoms with Gasteiger partial charge >= 0.3 is 5.69 Å². The number of hydrogen-bond acceptors (Lipinski definition) is 5. The van der Waals surface area contributed by atoms with Gasteiger partial charge in [-0.15, -0.1) is 5.10 Å². The zero-order chi connectivity index (χ0) is 13.4. The molecule has 1 saturated carbocycles. The van der Waals surface area contributed by atoms with Crippen LogP contribution in [0.5, 0.6) is 5.75 Å². The van der Waals surface area contributed by atoms with Crippen LogP contribution in [0.25, 0.3) is 0 Å². The average molecular weight is 278 g/mol. The van der Waals surface area contributed by atoms with Gasteiger partial charge in [0.25, 0.3) is 0 Å². The predicted octanol–water partition coefficient (Wildman–Crippen LogP) is 1.65. The van der Waals surface area contributed by atoms with Crippen molar-refractivity contribution in [2.24, 2.45) is 0 Å². The van der Waals surface area contributed by atoms with Crippen LogP contribution in [0.15, 0.2) is 33.0 Å². The number of rotatable bonds is 4. The molecule has 0 amide bonds. The normalized spacial score (nSPS) is 14.6. The first-order chi connectivity index (χ1) is 9.19. The summed E-state index contributed by atoms with van der Waals surface area (Å²) in [6.45, 7) is 0. The maximum atomic E-state index is 11.7. The molecule has 0 aliphatic heterocycles. The standard InChI is InChI=1S/C12H14N4O2S/c1-18-8-4-5-9(13)10(6-8)19-12-15-14-11(17)16(12)7-2-3-7/h4-7H,2-3,13H2,1H3,(H,14,17). The molecule has 1 heterocycles. The van der Waals surface area contributed by atoms with Crippen molar-refractivity contribution in [1.82, 2.24) is 14.8 Å². The monoisotopic (exact) mass is 278 g/mol. The molecule has 1 fully saturated rings. The van der Waals surface area contributed by atoms with E-state index in [4.69, 9.17) is 10.5 Å². The van der Waals surface area contributed by atoms with Gasteiger partial charge in [-0.2, -0.15) is 0 Å². The third-order valence-electron chi connectivity index (χ3n) is 3.01. The largest absolute Gasteiger partial charge is 0.497 e. The van der Waals surface area contributed by atoms with Gasteiger partial charge in [0.15, 0.2) is 5.16 Å². The second-order valence-electron chi connectivity index (χ2n) is 4.42. The van der Waals surface area contributed by atoms with Crippen molar-refractivity contribution in [2.45, 2.75) is 28.9 Å². The quantitative estimate of drug-likeness (QED) is 0.830. The van der Waals surface area contributed by atoms with E-state index in [9.17, 15) is 4.79 Å². The zero-order valence-corrected chi connectivity index (χ0v) is 11.2. The van der Waals surface area contributed by atoms with Crippen molar-refractivity contribution in [3.05, 3.63) is 28.7 Å². The van der Waals surface area contributed by atoms with Gasteiger partial charge in [0.2, 0.25) is 0 Å². The van der Waals surface area contributed by atoms with Gasteiger partial charge in [-0.05, 0) is 42.8 Å². The maximum absolute atomic E-state index is 11.7. The molecule has 0 spiro atoms. The number of nitrogens with zero attached hydrogens (tertiary/aromatic N) is 2. The second-order valence-corrected chi connectivity index (χ2v) is 5.43. The van der Waals surface area contributed by atoms with Crippen LogP contribution in [0.3, 0.4) is 0 Å². The number of benzene rings is 1. The van der Waals surface area contributed by atoms with Crippen LogP contribution < -0.4 is 16.2 Å². The van der Waals surface area contributed by atoms with Gasteiger partial charge in [-0.3, -0.25) is 4.57 Å². The lowest BCUT2D eigenvalue weighted by molar-refractivity contribution is 0.414. The van der Waals surface area contributed by atoms with Crippen LogP contribution in [0.1, 0.15) is 18.9 Å². The zero-order valence-electron chi connectivity index (χ0n) is 10.4. The Kier molecular flexibility index (Phi) is 2.98. The van der Waals surface area contributed by atoms with Crippen LogP contribution in [-0.4, -0.2) is 21.9 Å². The highest BCUT2D eigenvalue weighted by atomic mass is 32.2. The molecule has 0 radical (unpaired) electrons. The predicted molar refractivity (Wildman–Crippen MR) is 72.6 cm³/mol. The molecular formula is C12H14N4O2S. The summed E-state index contributed by atoms with van der Waals surface area (Å²) in [6.07, 6.45) is 2.06. The summed E-state index contributed by atoms with van der Waals surface area (Å²) in [5, 5.41) is 7.20. The number of nitrogens with two attached hydrogens (primary N) is 1. The van der Waals surface area contributed by atoms with Gasteiger partial charge in [0, 0.05) is 16.6 Å². The third-order valence-corrected chi connectivity index (χ3v) is 4.05. The summed E-state index contributed by atoms with van der Waals surface area (Å²) < 4.78 is 6.88. The molecule has 0 bridgehead atoms. The number of nitrogen functional groups attached to an aromatic ring is 1. The van der Waals surface area contributed by atoms with E-state index in [-0.39, 0.29) is 11.7 Å². The molecule has 1 aliphatic carbocycles. The Labute approximate surface area is 114 Å². The van der Waals surface area contributed by atoms with Crippen LogP contribution in [-0.2, 0) is 0 Å². The first kappa shape index (κ1) is 12.2. The number of ether oxygens (including phenoxy) is 1. The minimum Gasteiger partial charge on any atom is -0.497 e. The van der Waals surface area contributed by atoms with Crippen molar-refractivity contribution < 1.29 is 4.74 Å². The van der Waals surface area contributed by atoms with E-state index in [2.05, 4.69) is 10.2 Å². The van der Waals surface area contributed by atoms with Crippen LogP contribution >= 0.6 is 11.8 Å². The summed E-state index contributed by atoms with van der Waals surface area (Å²) in [7, 11) is 1.61. The van der Waals surface area contributed by atoms with Crippen molar-refractivity contribution >= 4 is 17.4 Å². The van der Waals surface area contributed by atoms with E-state index in [1.165, 1.54) is 11.8 Å². The fraction of sp³-hybridized carbons (Fsp3) is 0.333. The molecule has 7 heteroatoms. The first-order valence-electron chi connectivity index (χ1n) is 5.97. The Balaban J connectivity index is 1.95. The van der Waals surface area contributed by atoms with E-state index in [1.54, 1.807) is 23.8 Å². The summed E-state index contributed by atoms with van der Waals surface area (Å²) in [6, 6.07) is 5.71. The maximum Gasteiger partial charge on any atom is 0.344 e. The van der Waals surface area contributed by atoms with E-state index >= 15 is 0 Å². The lowest BCUT2D eigenvalue weighted by Gasteiger charge is -2.08. The molecule has 0 atom stereocenters. The molecule has 6 nitrogen and oxygen atoms in total. The number of anilines is 1. The number of aromatic nitrogens is 3. The number of methoxy groups -OCH3 is 1. The van der Waals surface area contributed by atoms with Gasteiger partial charge < -0.3 is 10.5 Å². The molecule has 1 aromatic heterocycles. The molecule has 1 aromatic carbocycles. The minimum atomic E-state index is -0.161. The smallest absolute Gasteiger partial charge is 0.344 e. The Morgan fingerprint density at radius 3 is 3.00 bits per heavy atom. The van der Waals surface area contributed by atoms with E-state index in [1.807, 2.05) is 6.07 Å². The number of nitrogens with one attached hydrogen (secondary N) is 1. The number of hydrogen-bond donors (Lipinski definition) is 2. The molecule has 19 heavy (non-hydrogen) atoms. The lowest BCUT2D eigenvalue weighted by atomic mass is 10.3. The highest BCUT2D eigenvalue weighted by molar-refractivity contribution is 7.99. The molecule has 3 N–H and O–H groups in total. The van der Waals surface area contributed by atoms with Crippen molar-refractivity contribution in [3.8, 4) is 5.75 Å². The molecule has 2 aromatic rings. The summed E-state index contributed by atoms with van der Waals surface area (Å²) >= 11 is 1.38. The highest BCUT2D eigenvalue weighted by Crippen LogP contribution is 2.39. The van der Waals surface area contributed by atoms with Crippen LogP contribution in [0.4, 0.5) is 5.69 Å². The topological polar surface area (TPSA) is 85.9 Å². The Hall–Kier alpha value is -1.89. The van der Waals surface area contributed by atoms with Gasteiger partial charge in [0.05, 0.1) is 7.11 Å². The van der Waals surface area contributed by atoms with Crippen LogP contribution in [0.2, 0.25) is 0 Å². The van der Waals surface area contributed by atoms with Crippen molar-refractivity contribution in [3.63, 3.8) is 0 Å². The van der Waals surface area contributed by atoms with Gasteiger partial charge in [0.1, 0.15) is 5.75 Å². The third kappa shape index (κ3) is 2.33. The number of aromatic amines is 1. The molecule has 100 valence electrons. The summed E-state index contributed by atoms with van der Waals surface area (Å²) in [5.74, 6) is 0.729. The van der Waals surface area contributed by atoms with E-state index < -0.39 is 0 Å². The van der Waals surface area contributed by atoms with Crippen molar-refractivity contribution in [1.29, 1.82) is 0 Å². The fourth-order valence-corrected chi connectivity index (χ4v) is 2.82.